The van der Waals surface area contributed by atoms with Crippen LogP contribution in [0.3, 0.4) is 0 Å². The van der Waals surface area contributed by atoms with E-state index in [-0.39, 0.29) is 5.56 Å². The van der Waals surface area contributed by atoms with Gasteiger partial charge < -0.3 is 10.2 Å². The quantitative estimate of drug-likeness (QED) is 0.864. The summed E-state index contributed by atoms with van der Waals surface area (Å²) in [5.74, 6) is 0.709. The van der Waals surface area contributed by atoms with Crippen molar-refractivity contribution in [2.24, 2.45) is 7.05 Å². The van der Waals surface area contributed by atoms with Crippen LogP contribution in [-0.4, -0.2) is 40.2 Å². The van der Waals surface area contributed by atoms with Crippen molar-refractivity contribution in [2.75, 3.05) is 24.5 Å². The smallest absolute Gasteiger partial charge is 0.264 e. The molecule has 0 amide bonds. The lowest BCUT2D eigenvalue weighted by Crippen LogP contribution is -2.51. The third-order valence-corrected chi connectivity index (χ3v) is 3.86. The first kappa shape index (κ1) is 13.1. The third kappa shape index (κ3) is 2.16. The highest BCUT2D eigenvalue weighted by Crippen LogP contribution is 2.14. The largest absolute Gasteiger partial charge is 0.339 e. The molecule has 106 valence electrons. The summed E-state index contributed by atoms with van der Waals surface area (Å²) in [7, 11) is 1.78. The van der Waals surface area contributed by atoms with Gasteiger partial charge in [-0.25, -0.2) is 4.98 Å². The highest BCUT2D eigenvalue weighted by atomic mass is 16.1. The number of rotatable bonds is 2. The average molecular weight is 273 g/mol. The van der Waals surface area contributed by atoms with Crippen molar-refractivity contribution in [3.63, 3.8) is 0 Å². The maximum atomic E-state index is 12.4. The Hall–Kier alpha value is -1.95. The summed E-state index contributed by atoms with van der Waals surface area (Å²) >= 11 is 0. The minimum absolute atomic E-state index is 0.0373. The molecule has 1 atom stereocenters. The fourth-order valence-electron chi connectivity index (χ4n) is 2.66. The maximum Gasteiger partial charge on any atom is 0.264 e. The van der Waals surface area contributed by atoms with Crippen molar-refractivity contribution in [1.82, 2.24) is 19.9 Å². The first-order valence-electron chi connectivity index (χ1n) is 7.00. The Kier molecular flexibility index (Phi) is 3.40. The van der Waals surface area contributed by atoms with Crippen molar-refractivity contribution in [2.45, 2.75) is 19.4 Å². The molecule has 0 aromatic carbocycles. The Morgan fingerprint density at radius 1 is 1.50 bits per heavy atom. The van der Waals surface area contributed by atoms with Gasteiger partial charge in [0.15, 0.2) is 5.65 Å². The van der Waals surface area contributed by atoms with Gasteiger partial charge in [0, 0.05) is 38.9 Å². The molecule has 0 aliphatic carbocycles. The van der Waals surface area contributed by atoms with Crippen LogP contribution in [0.15, 0.2) is 23.1 Å². The molecular weight excluding hydrogens is 254 g/mol. The number of hydrogen-bond acceptors (Lipinski definition) is 5. The van der Waals surface area contributed by atoms with Crippen LogP contribution in [0.25, 0.3) is 11.0 Å². The molecule has 3 rings (SSSR count). The number of fused-ring (bicyclic) bond motifs is 1. The summed E-state index contributed by atoms with van der Waals surface area (Å²) in [6, 6.07) is 3.98. The van der Waals surface area contributed by atoms with Crippen LogP contribution in [0.2, 0.25) is 0 Å². The highest BCUT2D eigenvalue weighted by molar-refractivity contribution is 5.74. The lowest BCUT2D eigenvalue weighted by atomic mass is 10.1. The first-order valence-corrected chi connectivity index (χ1v) is 7.00. The van der Waals surface area contributed by atoms with E-state index in [0.29, 0.717) is 23.0 Å². The predicted molar refractivity (Wildman–Crippen MR) is 79.1 cm³/mol. The van der Waals surface area contributed by atoms with Crippen molar-refractivity contribution >= 4 is 17.0 Å². The van der Waals surface area contributed by atoms with Gasteiger partial charge >= 0.3 is 0 Å². The number of nitrogens with zero attached hydrogens (tertiary/aromatic N) is 4. The molecule has 2 aromatic heterocycles. The summed E-state index contributed by atoms with van der Waals surface area (Å²) in [4.78, 5) is 23.3. The third-order valence-electron chi connectivity index (χ3n) is 3.86. The second kappa shape index (κ2) is 5.20. The number of piperazine rings is 1. The summed E-state index contributed by atoms with van der Waals surface area (Å²) < 4.78 is 1.63. The van der Waals surface area contributed by atoms with Gasteiger partial charge in [0.25, 0.3) is 5.56 Å². The second-order valence-electron chi connectivity index (χ2n) is 5.16. The Morgan fingerprint density at radius 3 is 3.15 bits per heavy atom. The molecule has 20 heavy (non-hydrogen) atoms. The van der Waals surface area contributed by atoms with Gasteiger partial charge in [-0.1, -0.05) is 6.92 Å². The Bertz CT molecular complexity index is 681. The van der Waals surface area contributed by atoms with E-state index in [1.165, 1.54) is 0 Å². The second-order valence-corrected chi connectivity index (χ2v) is 5.16. The van der Waals surface area contributed by atoms with E-state index in [4.69, 9.17) is 0 Å². The molecule has 1 aliphatic heterocycles. The lowest BCUT2D eigenvalue weighted by Gasteiger charge is -2.34. The monoisotopic (exact) mass is 273 g/mol. The molecule has 1 saturated heterocycles. The molecule has 6 nitrogen and oxygen atoms in total. The molecule has 6 heteroatoms. The summed E-state index contributed by atoms with van der Waals surface area (Å²) in [6.45, 7) is 4.80. The van der Waals surface area contributed by atoms with Crippen LogP contribution in [0.4, 0.5) is 5.95 Å². The van der Waals surface area contributed by atoms with Gasteiger partial charge in [0.1, 0.15) is 0 Å². The van der Waals surface area contributed by atoms with E-state index in [1.807, 2.05) is 0 Å². The Morgan fingerprint density at radius 2 is 2.35 bits per heavy atom. The molecule has 0 saturated carbocycles. The van der Waals surface area contributed by atoms with Crippen molar-refractivity contribution in [3.05, 3.63) is 28.7 Å². The van der Waals surface area contributed by atoms with E-state index in [1.54, 1.807) is 29.9 Å². The number of hydrogen-bond donors (Lipinski definition) is 1. The molecular formula is C14H19N5O. The minimum atomic E-state index is -0.0373. The summed E-state index contributed by atoms with van der Waals surface area (Å²) in [5.41, 5.74) is 0.488. The van der Waals surface area contributed by atoms with Gasteiger partial charge in [-0.15, -0.1) is 0 Å². The molecule has 0 spiro atoms. The fourth-order valence-corrected chi connectivity index (χ4v) is 2.66. The van der Waals surface area contributed by atoms with Crippen LogP contribution < -0.4 is 15.8 Å². The van der Waals surface area contributed by atoms with Crippen molar-refractivity contribution < 1.29 is 0 Å². The summed E-state index contributed by atoms with van der Waals surface area (Å²) in [6.07, 6.45) is 2.74. The molecule has 1 fully saturated rings. The Balaban J connectivity index is 2.07. The Labute approximate surface area is 117 Å². The van der Waals surface area contributed by atoms with E-state index in [0.717, 1.165) is 26.1 Å². The molecule has 3 heterocycles. The number of aromatic nitrogens is 3. The maximum absolute atomic E-state index is 12.4. The van der Waals surface area contributed by atoms with Crippen LogP contribution in [-0.2, 0) is 7.05 Å². The van der Waals surface area contributed by atoms with Gasteiger partial charge in [-0.3, -0.25) is 9.36 Å². The number of pyridine rings is 1. The molecule has 0 unspecified atom stereocenters. The number of nitrogens with one attached hydrogen (secondary N) is 1. The van der Waals surface area contributed by atoms with Crippen molar-refractivity contribution in [3.8, 4) is 0 Å². The van der Waals surface area contributed by atoms with Crippen LogP contribution in [0.5, 0.6) is 0 Å². The van der Waals surface area contributed by atoms with Crippen LogP contribution in [0.1, 0.15) is 13.3 Å². The highest BCUT2D eigenvalue weighted by Gasteiger charge is 2.22. The van der Waals surface area contributed by atoms with Gasteiger partial charge in [0.2, 0.25) is 5.95 Å². The van der Waals surface area contributed by atoms with Gasteiger partial charge in [0.05, 0.1) is 5.39 Å². The minimum Gasteiger partial charge on any atom is -0.339 e. The zero-order valence-corrected chi connectivity index (χ0v) is 11.8. The van der Waals surface area contributed by atoms with E-state index in [9.17, 15) is 4.79 Å². The zero-order chi connectivity index (χ0) is 14.1. The topological polar surface area (TPSA) is 63.1 Å². The van der Waals surface area contributed by atoms with Crippen LogP contribution >= 0.6 is 0 Å². The van der Waals surface area contributed by atoms with Gasteiger partial charge in [-0.2, -0.15) is 4.98 Å². The van der Waals surface area contributed by atoms with Crippen molar-refractivity contribution in [1.29, 1.82) is 0 Å². The van der Waals surface area contributed by atoms with Crippen LogP contribution in [0, 0.1) is 0 Å². The van der Waals surface area contributed by atoms with Gasteiger partial charge in [-0.05, 0) is 18.6 Å². The van der Waals surface area contributed by atoms with E-state index < -0.39 is 0 Å². The molecule has 0 radical (unpaired) electrons. The number of anilines is 1. The molecule has 2 aromatic rings. The van der Waals surface area contributed by atoms with E-state index in [2.05, 4.69) is 27.1 Å². The SMILES string of the molecule is CC[C@H]1CN(c2nc3ncccc3c(=O)n2C)CCN1. The summed E-state index contributed by atoms with van der Waals surface area (Å²) in [5, 5.41) is 4.04. The molecule has 0 bridgehead atoms. The standard InChI is InChI=1S/C14H19N5O/c1-3-10-9-19(8-7-15-10)14-17-12-11(5-4-6-16-12)13(20)18(14)2/h4-6,10,15H,3,7-9H2,1-2H3/t10-/m0/s1. The average Bonchev–Trinajstić information content (AvgIpc) is 2.51. The first-order chi connectivity index (χ1) is 9.70. The fraction of sp³-hybridized carbons (Fsp3) is 0.500. The molecule has 1 N–H and O–H groups in total. The van der Waals surface area contributed by atoms with E-state index >= 15 is 0 Å². The molecule has 1 aliphatic rings. The zero-order valence-electron chi connectivity index (χ0n) is 11.8. The predicted octanol–water partition coefficient (Wildman–Crippen LogP) is 0.517. The normalized spacial score (nSPS) is 19.5. The lowest BCUT2D eigenvalue weighted by molar-refractivity contribution is 0.439.